The topological polar surface area (TPSA) is 75.5 Å². The molecule has 1 unspecified atom stereocenters. The van der Waals surface area contributed by atoms with Crippen LogP contribution >= 0.6 is 0 Å². The van der Waals surface area contributed by atoms with E-state index in [1.54, 1.807) is 17.7 Å². The SMILES string of the molecule is COc1ccnc(CS(=O)c2nc3cc(OC(F)(F)F)ccc3n2C)c1OC. The Hall–Kier alpha value is -2.82. The molecule has 0 aliphatic carbocycles. The van der Waals surface area contributed by atoms with Gasteiger partial charge in [0.2, 0.25) is 0 Å². The summed E-state index contributed by atoms with van der Waals surface area (Å²) in [7, 11) is 2.92. The fraction of sp³-hybridized carbons (Fsp3) is 0.294. The van der Waals surface area contributed by atoms with Crippen molar-refractivity contribution in [2.75, 3.05) is 14.2 Å². The molecular weight excluding hydrogens is 399 g/mol. The molecule has 28 heavy (non-hydrogen) atoms. The molecule has 0 N–H and O–H groups in total. The lowest BCUT2D eigenvalue weighted by Crippen LogP contribution is -2.16. The molecule has 7 nitrogen and oxygen atoms in total. The predicted octanol–water partition coefficient (Wildman–Crippen LogP) is 3.19. The third-order valence-corrected chi connectivity index (χ3v) is 5.19. The van der Waals surface area contributed by atoms with Gasteiger partial charge in [0.15, 0.2) is 16.7 Å². The van der Waals surface area contributed by atoms with Gasteiger partial charge in [-0.1, -0.05) is 0 Å². The average Bonchev–Trinajstić information content (AvgIpc) is 2.96. The summed E-state index contributed by atoms with van der Waals surface area (Å²) in [6, 6.07) is 5.36. The van der Waals surface area contributed by atoms with E-state index in [1.165, 1.54) is 32.5 Å². The van der Waals surface area contributed by atoms with Gasteiger partial charge in [0.05, 0.1) is 47.5 Å². The molecule has 0 radical (unpaired) electrons. The zero-order valence-electron chi connectivity index (χ0n) is 15.1. The number of hydrogen-bond acceptors (Lipinski definition) is 6. The van der Waals surface area contributed by atoms with E-state index < -0.39 is 22.9 Å². The summed E-state index contributed by atoms with van der Waals surface area (Å²) in [6.07, 6.45) is -3.30. The van der Waals surface area contributed by atoms with Crippen LogP contribution in [-0.4, -0.2) is 39.3 Å². The molecule has 0 aliphatic heterocycles. The molecule has 0 amide bonds. The van der Waals surface area contributed by atoms with E-state index in [-0.39, 0.29) is 16.4 Å². The summed E-state index contributed by atoms with van der Waals surface area (Å²) in [5.74, 6) is 0.400. The Balaban J connectivity index is 1.93. The van der Waals surface area contributed by atoms with Crippen molar-refractivity contribution in [2.45, 2.75) is 17.3 Å². The van der Waals surface area contributed by atoms with Crippen molar-refractivity contribution in [2.24, 2.45) is 7.05 Å². The van der Waals surface area contributed by atoms with Gasteiger partial charge >= 0.3 is 6.36 Å². The molecule has 0 spiro atoms. The lowest BCUT2D eigenvalue weighted by Gasteiger charge is -2.11. The maximum atomic E-state index is 12.9. The Bertz CT molecular complexity index is 1040. The van der Waals surface area contributed by atoms with Gasteiger partial charge in [-0.15, -0.1) is 13.2 Å². The first-order valence-corrected chi connectivity index (χ1v) is 9.22. The van der Waals surface area contributed by atoms with Crippen molar-refractivity contribution in [1.29, 1.82) is 0 Å². The van der Waals surface area contributed by atoms with Crippen LogP contribution in [0.25, 0.3) is 11.0 Å². The van der Waals surface area contributed by atoms with Crippen molar-refractivity contribution < 1.29 is 31.6 Å². The van der Waals surface area contributed by atoms with E-state index in [0.717, 1.165) is 6.07 Å². The van der Waals surface area contributed by atoms with Gasteiger partial charge in [-0.05, 0) is 12.1 Å². The second kappa shape index (κ2) is 7.66. The van der Waals surface area contributed by atoms with E-state index in [1.807, 2.05) is 0 Å². The van der Waals surface area contributed by atoms with E-state index in [0.29, 0.717) is 22.7 Å². The van der Waals surface area contributed by atoms with Gasteiger partial charge in [-0.3, -0.25) is 9.19 Å². The van der Waals surface area contributed by atoms with Crippen LogP contribution in [0.3, 0.4) is 0 Å². The Kier molecular flexibility index (Phi) is 5.45. The third-order valence-electron chi connectivity index (χ3n) is 3.88. The molecule has 0 fully saturated rings. The highest BCUT2D eigenvalue weighted by Gasteiger charge is 2.31. The zero-order valence-corrected chi connectivity index (χ0v) is 15.9. The second-order valence-electron chi connectivity index (χ2n) is 5.63. The molecule has 2 heterocycles. The Morgan fingerprint density at radius 3 is 2.57 bits per heavy atom. The number of aryl methyl sites for hydroxylation is 1. The van der Waals surface area contributed by atoms with Crippen LogP contribution in [0.2, 0.25) is 0 Å². The first-order valence-electron chi connectivity index (χ1n) is 7.90. The van der Waals surface area contributed by atoms with Gasteiger partial charge < -0.3 is 18.8 Å². The molecule has 1 atom stereocenters. The van der Waals surface area contributed by atoms with Crippen LogP contribution < -0.4 is 14.2 Å². The van der Waals surface area contributed by atoms with E-state index >= 15 is 0 Å². The van der Waals surface area contributed by atoms with Gasteiger partial charge in [0.25, 0.3) is 0 Å². The molecule has 0 bridgehead atoms. The molecule has 1 aromatic carbocycles. The number of imidazole rings is 1. The third kappa shape index (κ3) is 4.03. The number of hydrogen-bond donors (Lipinski definition) is 0. The molecular formula is C17H16F3N3O4S. The smallest absolute Gasteiger partial charge is 0.493 e. The van der Waals surface area contributed by atoms with Crippen molar-refractivity contribution in [3.63, 3.8) is 0 Å². The summed E-state index contributed by atoms with van der Waals surface area (Å²) < 4.78 is 66.0. The van der Waals surface area contributed by atoms with Crippen LogP contribution in [-0.2, 0) is 23.6 Å². The minimum Gasteiger partial charge on any atom is -0.493 e. The summed E-state index contributed by atoms with van der Waals surface area (Å²) in [6.45, 7) is 0. The highest BCUT2D eigenvalue weighted by Crippen LogP contribution is 2.31. The van der Waals surface area contributed by atoms with Crippen molar-refractivity contribution in [3.8, 4) is 17.2 Å². The monoisotopic (exact) mass is 415 g/mol. The summed E-state index contributed by atoms with van der Waals surface area (Å²) in [5.41, 5.74) is 1.16. The number of ether oxygens (including phenoxy) is 3. The fourth-order valence-corrected chi connectivity index (χ4v) is 3.89. The maximum absolute atomic E-state index is 12.9. The molecule has 3 aromatic rings. The van der Waals surface area contributed by atoms with Crippen molar-refractivity contribution in [3.05, 3.63) is 36.2 Å². The molecule has 150 valence electrons. The van der Waals surface area contributed by atoms with E-state index in [4.69, 9.17) is 9.47 Å². The quantitative estimate of drug-likeness (QED) is 0.616. The van der Waals surface area contributed by atoms with Crippen LogP contribution in [0.4, 0.5) is 13.2 Å². The number of halogens is 3. The number of benzene rings is 1. The lowest BCUT2D eigenvalue weighted by molar-refractivity contribution is -0.274. The van der Waals surface area contributed by atoms with Gasteiger partial charge in [-0.2, -0.15) is 0 Å². The molecule has 11 heteroatoms. The number of alkyl halides is 3. The second-order valence-corrected chi connectivity index (χ2v) is 6.98. The molecule has 2 aromatic heterocycles. The summed E-state index contributed by atoms with van der Waals surface area (Å²) >= 11 is 0. The standard InChI is InChI=1S/C17H16F3N3O4S/c1-23-13-5-4-10(27-17(18,19)20)8-11(13)22-16(23)28(24)9-12-15(26-3)14(25-2)6-7-21-12/h4-8H,9H2,1-3H3. The number of pyridine rings is 1. The summed E-state index contributed by atoms with van der Waals surface area (Å²) in [4.78, 5) is 8.39. The molecule has 0 aliphatic rings. The number of aromatic nitrogens is 3. The van der Waals surface area contributed by atoms with Gasteiger partial charge in [-0.25, -0.2) is 4.98 Å². The number of rotatable bonds is 6. The van der Waals surface area contributed by atoms with Crippen molar-refractivity contribution in [1.82, 2.24) is 14.5 Å². The lowest BCUT2D eigenvalue weighted by atomic mass is 10.3. The highest BCUT2D eigenvalue weighted by atomic mass is 32.2. The largest absolute Gasteiger partial charge is 0.573 e. The van der Waals surface area contributed by atoms with Crippen molar-refractivity contribution >= 4 is 21.8 Å². The van der Waals surface area contributed by atoms with Gasteiger partial charge in [0, 0.05) is 25.4 Å². The predicted molar refractivity (Wildman–Crippen MR) is 94.9 cm³/mol. The van der Waals surface area contributed by atoms with Crippen LogP contribution in [0.5, 0.6) is 17.2 Å². The number of fused-ring (bicyclic) bond motifs is 1. The fourth-order valence-electron chi connectivity index (χ4n) is 2.70. The minimum atomic E-state index is -4.80. The summed E-state index contributed by atoms with van der Waals surface area (Å²) in [5, 5.41) is 0.186. The minimum absolute atomic E-state index is 0.0105. The first kappa shape index (κ1) is 19.9. The highest BCUT2D eigenvalue weighted by molar-refractivity contribution is 7.84. The molecule has 0 saturated heterocycles. The van der Waals surface area contributed by atoms with Crippen LogP contribution in [0.1, 0.15) is 5.69 Å². The van der Waals surface area contributed by atoms with E-state index in [9.17, 15) is 17.4 Å². The maximum Gasteiger partial charge on any atom is 0.573 e. The number of methoxy groups -OCH3 is 2. The Labute approximate surface area is 160 Å². The molecule has 3 rings (SSSR count). The Morgan fingerprint density at radius 1 is 1.18 bits per heavy atom. The van der Waals surface area contributed by atoms with Crippen LogP contribution in [0.15, 0.2) is 35.6 Å². The average molecular weight is 415 g/mol. The Morgan fingerprint density at radius 2 is 1.93 bits per heavy atom. The first-order chi connectivity index (χ1) is 13.2. The van der Waals surface area contributed by atoms with Crippen LogP contribution in [0, 0.1) is 0 Å². The zero-order chi connectivity index (χ0) is 20.5. The van der Waals surface area contributed by atoms with E-state index in [2.05, 4.69) is 14.7 Å². The normalized spacial score (nSPS) is 12.8. The number of nitrogens with zero attached hydrogens (tertiary/aromatic N) is 3. The van der Waals surface area contributed by atoms with Gasteiger partial charge in [0.1, 0.15) is 5.75 Å². The molecule has 0 saturated carbocycles.